The maximum atomic E-state index is 13.3. The van der Waals surface area contributed by atoms with E-state index in [1.807, 2.05) is 47.0 Å². The van der Waals surface area contributed by atoms with Gasteiger partial charge in [0.25, 0.3) is 0 Å². The van der Waals surface area contributed by atoms with E-state index in [0.29, 0.717) is 5.75 Å². The maximum absolute atomic E-state index is 13.3. The van der Waals surface area contributed by atoms with Crippen molar-refractivity contribution in [3.63, 3.8) is 0 Å². The Morgan fingerprint density at radius 1 is 0.929 bits per heavy atom. The average molecular weight is 402 g/mol. The number of para-hydroxylation sites is 1. The number of carbonyl (C=O) groups is 1. The van der Waals surface area contributed by atoms with Crippen LogP contribution in [0.3, 0.4) is 0 Å². The maximum Gasteiger partial charge on any atom is 0.237 e. The van der Waals surface area contributed by atoms with Crippen LogP contribution >= 0.6 is 23.5 Å². The first-order valence-corrected chi connectivity index (χ1v) is 11.2. The van der Waals surface area contributed by atoms with Crippen LogP contribution in [0.2, 0.25) is 0 Å². The summed E-state index contributed by atoms with van der Waals surface area (Å²) in [6, 6.07) is 23.0. The molecule has 2 nitrogen and oxygen atoms in total. The van der Waals surface area contributed by atoms with Crippen LogP contribution in [0, 0.1) is 0 Å². The number of amides is 1. The molecular formula is C24H19NOS2. The zero-order valence-electron chi connectivity index (χ0n) is 15.2. The van der Waals surface area contributed by atoms with E-state index in [9.17, 15) is 4.79 Å². The first-order valence-electron chi connectivity index (χ1n) is 9.34. The summed E-state index contributed by atoms with van der Waals surface area (Å²) < 4.78 is 0. The lowest BCUT2D eigenvalue weighted by molar-refractivity contribution is -0.116. The van der Waals surface area contributed by atoms with Gasteiger partial charge in [-0.05, 0) is 35.0 Å². The number of benzene rings is 3. The van der Waals surface area contributed by atoms with E-state index in [1.54, 1.807) is 11.8 Å². The summed E-state index contributed by atoms with van der Waals surface area (Å²) in [5.41, 5.74) is 1.03. The van der Waals surface area contributed by atoms with Gasteiger partial charge >= 0.3 is 0 Å². The monoisotopic (exact) mass is 401 g/mol. The highest BCUT2D eigenvalue weighted by Gasteiger charge is 2.36. The SMILES string of the molecule is O=C(CSc1ccc2ccccc2c1)N1c2ccccc2S[C@@H]2C=CC=C[C@@H]21. The first-order chi connectivity index (χ1) is 13.8. The molecule has 4 heteroatoms. The molecule has 0 N–H and O–H groups in total. The van der Waals surface area contributed by atoms with Crippen LogP contribution < -0.4 is 4.90 Å². The zero-order chi connectivity index (χ0) is 18.9. The van der Waals surface area contributed by atoms with Gasteiger partial charge in [0.1, 0.15) is 0 Å². The number of anilines is 1. The summed E-state index contributed by atoms with van der Waals surface area (Å²) in [5.74, 6) is 0.582. The third-order valence-electron chi connectivity index (χ3n) is 5.09. The molecule has 138 valence electrons. The van der Waals surface area contributed by atoms with E-state index in [1.165, 1.54) is 15.7 Å². The van der Waals surface area contributed by atoms with Crippen molar-refractivity contribution in [3.05, 3.63) is 91.0 Å². The number of fused-ring (bicyclic) bond motifs is 3. The summed E-state index contributed by atoms with van der Waals surface area (Å²) in [6.07, 6.45) is 8.47. The van der Waals surface area contributed by atoms with Crippen molar-refractivity contribution in [3.8, 4) is 0 Å². The smallest absolute Gasteiger partial charge is 0.237 e. The minimum Gasteiger partial charge on any atom is -0.302 e. The van der Waals surface area contributed by atoms with Crippen LogP contribution in [0.4, 0.5) is 5.69 Å². The van der Waals surface area contributed by atoms with Crippen molar-refractivity contribution in [2.24, 2.45) is 0 Å². The van der Waals surface area contributed by atoms with Crippen LogP contribution in [0.15, 0.2) is 101 Å². The fourth-order valence-corrected chi connectivity index (χ4v) is 5.81. The summed E-state index contributed by atoms with van der Waals surface area (Å²) in [4.78, 5) is 17.6. The highest BCUT2D eigenvalue weighted by molar-refractivity contribution is 8.00. The molecule has 0 unspecified atom stereocenters. The van der Waals surface area contributed by atoms with Crippen molar-refractivity contribution in [2.45, 2.75) is 21.1 Å². The number of allylic oxidation sites excluding steroid dienone is 2. The van der Waals surface area contributed by atoms with Gasteiger partial charge in [0.05, 0.1) is 22.7 Å². The van der Waals surface area contributed by atoms with Gasteiger partial charge in [0, 0.05) is 9.79 Å². The molecule has 0 saturated carbocycles. The summed E-state index contributed by atoms with van der Waals surface area (Å²) in [6.45, 7) is 0. The molecule has 0 spiro atoms. The van der Waals surface area contributed by atoms with Crippen molar-refractivity contribution < 1.29 is 4.79 Å². The van der Waals surface area contributed by atoms with Gasteiger partial charge in [-0.25, -0.2) is 0 Å². The second-order valence-corrected chi connectivity index (χ2v) is 9.14. The first kappa shape index (κ1) is 17.7. The molecule has 2 aliphatic rings. The Bertz CT molecular complexity index is 1100. The molecule has 3 aromatic carbocycles. The van der Waals surface area contributed by atoms with E-state index in [0.717, 1.165) is 10.6 Å². The number of thioether (sulfide) groups is 2. The minimum atomic E-state index is 0.0783. The fraction of sp³-hybridized carbons (Fsp3) is 0.125. The minimum absolute atomic E-state index is 0.0783. The quantitative estimate of drug-likeness (QED) is 0.507. The Morgan fingerprint density at radius 2 is 1.71 bits per heavy atom. The lowest BCUT2D eigenvalue weighted by Crippen LogP contribution is -2.48. The molecule has 0 aromatic heterocycles. The Balaban J connectivity index is 1.40. The summed E-state index contributed by atoms with van der Waals surface area (Å²) >= 11 is 3.45. The van der Waals surface area contributed by atoms with E-state index >= 15 is 0 Å². The van der Waals surface area contributed by atoms with Gasteiger partial charge < -0.3 is 4.90 Å². The Hall–Kier alpha value is -2.43. The molecule has 3 aromatic rings. The number of rotatable bonds is 3. The third-order valence-corrected chi connectivity index (χ3v) is 7.38. The van der Waals surface area contributed by atoms with Gasteiger partial charge in [0.15, 0.2) is 0 Å². The second-order valence-electron chi connectivity index (χ2n) is 6.87. The van der Waals surface area contributed by atoms with Gasteiger partial charge in [-0.15, -0.1) is 23.5 Å². The molecule has 28 heavy (non-hydrogen) atoms. The van der Waals surface area contributed by atoms with E-state index in [-0.39, 0.29) is 17.2 Å². The normalized spacial score (nSPS) is 20.1. The predicted octanol–water partition coefficient (Wildman–Crippen LogP) is 5.93. The molecule has 0 saturated heterocycles. The molecule has 0 radical (unpaired) electrons. The third kappa shape index (κ3) is 3.27. The van der Waals surface area contributed by atoms with Crippen LogP contribution in [0.5, 0.6) is 0 Å². The molecule has 1 heterocycles. The fourth-order valence-electron chi connectivity index (χ4n) is 3.75. The number of hydrogen-bond donors (Lipinski definition) is 0. The zero-order valence-corrected chi connectivity index (χ0v) is 16.8. The Morgan fingerprint density at radius 3 is 2.64 bits per heavy atom. The largest absolute Gasteiger partial charge is 0.302 e. The van der Waals surface area contributed by atoms with Crippen molar-refractivity contribution >= 4 is 45.9 Å². The van der Waals surface area contributed by atoms with E-state index < -0.39 is 0 Å². The van der Waals surface area contributed by atoms with Crippen LogP contribution in [0.25, 0.3) is 10.8 Å². The predicted molar refractivity (Wildman–Crippen MR) is 120 cm³/mol. The number of hydrogen-bond acceptors (Lipinski definition) is 3. The highest BCUT2D eigenvalue weighted by atomic mass is 32.2. The average Bonchev–Trinajstić information content (AvgIpc) is 2.75. The standard InChI is InChI=1S/C24H19NOS2/c26-24(16-27-19-14-13-17-7-1-2-8-18(17)15-19)25-20-9-3-5-11-22(20)28-23-12-6-4-10-21(23)25/h1-15,20,22H,16H2/t20-,22+/m0/s1. The Kier molecular flexibility index (Phi) is 4.75. The molecular weight excluding hydrogens is 382 g/mol. The molecule has 2 atom stereocenters. The van der Waals surface area contributed by atoms with Crippen molar-refractivity contribution in [2.75, 3.05) is 10.7 Å². The molecule has 1 amide bonds. The highest BCUT2D eigenvalue weighted by Crippen LogP contribution is 2.43. The second kappa shape index (κ2) is 7.53. The number of nitrogens with zero attached hydrogens (tertiary/aromatic N) is 1. The van der Waals surface area contributed by atoms with Gasteiger partial charge in [-0.2, -0.15) is 0 Å². The van der Waals surface area contributed by atoms with Crippen LogP contribution in [0.1, 0.15) is 0 Å². The molecule has 0 bridgehead atoms. The summed E-state index contributed by atoms with van der Waals surface area (Å²) in [5, 5.41) is 2.71. The van der Waals surface area contributed by atoms with Gasteiger partial charge in [-0.3, -0.25) is 4.79 Å². The number of carbonyl (C=O) groups excluding carboxylic acids is 1. The lowest BCUT2D eigenvalue weighted by atomic mass is 10.0. The molecule has 0 fully saturated rings. The molecule has 5 rings (SSSR count). The molecule has 1 aliphatic heterocycles. The lowest BCUT2D eigenvalue weighted by Gasteiger charge is -2.40. The van der Waals surface area contributed by atoms with Gasteiger partial charge in [0.2, 0.25) is 5.91 Å². The van der Waals surface area contributed by atoms with Crippen molar-refractivity contribution in [1.82, 2.24) is 0 Å². The van der Waals surface area contributed by atoms with Crippen LogP contribution in [-0.2, 0) is 4.79 Å². The summed E-state index contributed by atoms with van der Waals surface area (Å²) in [7, 11) is 0. The van der Waals surface area contributed by atoms with Crippen molar-refractivity contribution in [1.29, 1.82) is 0 Å². The van der Waals surface area contributed by atoms with Crippen LogP contribution in [-0.4, -0.2) is 23.0 Å². The van der Waals surface area contributed by atoms with Gasteiger partial charge in [-0.1, -0.05) is 66.8 Å². The van der Waals surface area contributed by atoms with E-state index in [2.05, 4.69) is 60.7 Å². The topological polar surface area (TPSA) is 20.3 Å². The Labute approximate surface area is 173 Å². The molecule has 1 aliphatic carbocycles. The van der Waals surface area contributed by atoms with E-state index in [4.69, 9.17) is 0 Å².